The van der Waals surface area contributed by atoms with Crippen molar-refractivity contribution >= 4 is 0 Å². The van der Waals surface area contributed by atoms with E-state index in [4.69, 9.17) is 0 Å². The van der Waals surface area contributed by atoms with E-state index in [9.17, 15) is 30.7 Å². The largest absolute Gasteiger partial charge is 0.352 e. The van der Waals surface area contributed by atoms with Crippen LogP contribution in [0.5, 0.6) is 0 Å². The van der Waals surface area contributed by atoms with E-state index >= 15 is 0 Å². The Morgan fingerprint density at radius 2 is 1.39 bits per heavy atom. The zero-order valence-corrected chi connectivity index (χ0v) is 8.58. The molecule has 0 nitrogen and oxygen atoms in total. The van der Waals surface area contributed by atoms with Crippen molar-refractivity contribution in [2.45, 2.75) is 29.9 Å². The molecule has 2 aliphatic carbocycles. The average molecular weight is 270 g/mol. The summed E-state index contributed by atoms with van der Waals surface area (Å²) in [5, 5.41) is 0. The average Bonchev–Trinajstić information content (AvgIpc) is 2.52. The van der Waals surface area contributed by atoms with E-state index in [1.54, 1.807) is 0 Å². The molecule has 1 unspecified atom stereocenters. The van der Waals surface area contributed by atoms with Gasteiger partial charge in [0, 0.05) is 16.7 Å². The first-order valence-electron chi connectivity index (χ1n) is 5.02. The molecule has 0 bridgehead atoms. The van der Waals surface area contributed by atoms with Gasteiger partial charge in [-0.15, -0.1) is 0 Å². The van der Waals surface area contributed by atoms with Gasteiger partial charge in [0.15, 0.2) is 0 Å². The number of hydrogen-bond acceptors (Lipinski definition) is 0. The molecular weight excluding hydrogens is 265 g/mol. The van der Waals surface area contributed by atoms with Gasteiger partial charge < -0.3 is 0 Å². The molecule has 1 atom stereocenters. The zero-order chi connectivity index (χ0) is 13.6. The van der Waals surface area contributed by atoms with E-state index in [1.165, 1.54) is 0 Å². The molecule has 1 aromatic rings. The van der Waals surface area contributed by atoms with Crippen molar-refractivity contribution in [3.63, 3.8) is 0 Å². The van der Waals surface area contributed by atoms with Gasteiger partial charge >= 0.3 is 11.8 Å². The van der Waals surface area contributed by atoms with Crippen LogP contribution in [0.25, 0.3) is 0 Å². The minimum absolute atomic E-state index is 0.565. The Hall–Kier alpha value is -1.27. The topological polar surface area (TPSA) is 0 Å². The highest BCUT2D eigenvalue weighted by atomic mass is 19.3. The number of hydrogen-bond donors (Lipinski definition) is 0. The Labute approximate surface area is 96.4 Å². The fourth-order valence-corrected chi connectivity index (χ4v) is 2.72. The van der Waals surface area contributed by atoms with Crippen molar-refractivity contribution < 1.29 is 30.7 Å². The summed E-state index contributed by atoms with van der Waals surface area (Å²) in [5.74, 6) is -13.8. The predicted octanol–water partition coefficient (Wildman–Crippen LogP) is 4.09. The van der Waals surface area contributed by atoms with Crippen LogP contribution in [-0.2, 0) is 17.5 Å². The van der Waals surface area contributed by atoms with Crippen molar-refractivity contribution in [2.24, 2.45) is 0 Å². The molecule has 0 N–H and O–H groups in total. The minimum atomic E-state index is -5.17. The Balaban J connectivity index is 2.43. The van der Waals surface area contributed by atoms with Crippen LogP contribution in [0, 0.1) is 0 Å². The molecule has 0 aromatic heterocycles. The number of alkyl halides is 7. The number of halogens is 7. The van der Waals surface area contributed by atoms with E-state index in [1.807, 2.05) is 0 Å². The molecule has 0 fully saturated rings. The van der Waals surface area contributed by atoms with E-state index in [0.29, 0.717) is 12.1 Å². The maximum Gasteiger partial charge on any atom is 0.352 e. The molecule has 1 aromatic carbocycles. The van der Waals surface area contributed by atoms with Crippen molar-refractivity contribution in [3.8, 4) is 0 Å². The normalized spacial score (nSPS) is 33.5. The summed E-state index contributed by atoms with van der Waals surface area (Å²) in [6, 6.07) is 2.08. The lowest BCUT2D eigenvalue weighted by molar-refractivity contribution is -0.274. The van der Waals surface area contributed by atoms with Gasteiger partial charge in [-0.2, -0.15) is 17.6 Å². The fourth-order valence-electron chi connectivity index (χ4n) is 2.72. The van der Waals surface area contributed by atoms with Crippen molar-refractivity contribution in [2.75, 3.05) is 0 Å². The predicted molar refractivity (Wildman–Crippen MR) is 46.6 cm³/mol. The SMILES string of the molecule is FC1(F)CC2(F)c3c1cccc3C(F)(F)C2(F)F. The third kappa shape index (κ3) is 0.927. The lowest BCUT2D eigenvalue weighted by atomic mass is 9.96. The Kier molecular flexibility index (Phi) is 1.75. The summed E-state index contributed by atoms with van der Waals surface area (Å²) in [4.78, 5) is 0. The summed E-state index contributed by atoms with van der Waals surface area (Å²) in [6.45, 7) is 0. The Morgan fingerprint density at radius 1 is 0.833 bits per heavy atom. The molecule has 0 radical (unpaired) electrons. The fraction of sp³-hybridized carbons (Fsp3) is 0.455. The highest BCUT2D eigenvalue weighted by molar-refractivity contribution is 5.55. The second-order valence-corrected chi connectivity index (χ2v) is 4.56. The van der Waals surface area contributed by atoms with Crippen LogP contribution >= 0.6 is 0 Å². The van der Waals surface area contributed by atoms with Crippen LogP contribution in [0.4, 0.5) is 30.7 Å². The summed E-state index contributed by atoms with van der Waals surface area (Å²) >= 11 is 0. The molecule has 98 valence electrons. The lowest BCUT2D eigenvalue weighted by Gasteiger charge is -2.28. The lowest BCUT2D eigenvalue weighted by Crippen LogP contribution is -2.46. The molecule has 7 heteroatoms. The van der Waals surface area contributed by atoms with Gasteiger partial charge in [0.05, 0.1) is 6.42 Å². The van der Waals surface area contributed by atoms with Gasteiger partial charge in [-0.1, -0.05) is 18.2 Å². The zero-order valence-electron chi connectivity index (χ0n) is 8.58. The maximum absolute atomic E-state index is 14.1. The molecule has 0 saturated heterocycles. The Bertz CT molecular complexity index is 548. The van der Waals surface area contributed by atoms with Crippen LogP contribution < -0.4 is 0 Å². The molecular formula is C11H5F7. The second-order valence-electron chi connectivity index (χ2n) is 4.56. The number of rotatable bonds is 0. The van der Waals surface area contributed by atoms with Gasteiger partial charge in [0.25, 0.3) is 5.92 Å². The standard InChI is InChI=1S/C11H5F7/c12-8-4-9(13,14)5-2-1-3-6(7(5)8)10(15,16)11(8,17)18/h1-3H,4H2. The minimum Gasteiger partial charge on any atom is -0.231 e. The van der Waals surface area contributed by atoms with Crippen LogP contribution in [0.2, 0.25) is 0 Å². The first-order chi connectivity index (χ1) is 8.06. The molecule has 18 heavy (non-hydrogen) atoms. The summed E-state index contributed by atoms with van der Waals surface area (Å²) in [5.41, 5.74) is -7.67. The molecule has 0 saturated carbocycles. The molecule has 0 spiro atoms. The number of benzene rings is 1. The molecule has 2 aliphatic rings. The highest BCUT2D eigenvalue weighted by Crippen LogP contribution is 2.70. The van der Waals surface area contributed by atoms with E-state index in [0.717, 1.165) is 6.07 Å². The molecule has 3 rings (SSSR count). The highest BCUT2D eigenvalue weighted by Gasteiger charge is 2.82. The van der Waals surface area contributed by atoms with Crippen LogP contribution in [0.3, 0.4) is 0 Å². The molecule has 0 heterocycles. The quantitative estimate of drug-likeness (QED) is 0.623. The van der Waals surface area contributed by atoms with E-state index in [-0.39, 0.29) is 0 Å². The van der Waals surface area contributed by atoms with Gasteiger partial charge in [0.1, 0.15) is 0 Å². The third-order valence-electron chi connectivity index (χ3n) is 3.55. The van der Waals surface area contributed by atoms with Crippen LogP contribution in [0.15, 0.2) is 18.2 Å². The third-order valence-corrected chi connectivity index (χ3v) is 3.55. The first-order valence-corrected chi connectivity index (χ1v) is 5.02. The van der Waals surface area contributed by atoms with Gasteiger partial charge in [-0.05, 0) is 0 Å². The summed E-state index contributed by atoms with van der Waals surface area (Å²) in [7, 11) is 0. The monoisotopic (exact) mass is 270 g/mol. The van der Waals surface area contributed by atoms with Crippen molar-refractivity contribution in [1.82, 2.24) is 0 Å². The summed E-state index contributed by atoms with van der Waals surface area (Å²) < 4.78 is 94.8. The van der Waals surface area contributed by atoms with Crippen molar-refractivity contribution in [3.05, 3.63) is 34.9 Å². The summed E-state index contributed by atoms with van der Waals surface area (Å²) in [6.07, 6.45) is -1.95. The van der Waals surface area contributed by atoms with Crippen molar-refractivity contribution in [1.29, 1.82) is 0 Å². The van der Waals surface area contributed by atoms with Gasteiger partial charge in [-0.25, -0.2) is 13.2 Å². The van der Waals surface area contributed by atoms with Gasteiger partial charge in [-0.3, -0.25) is 0 Å². The smallest absolute Gasteiger partial charge is 0.231 e. The molecule has 0 amide bonds. The van der Waals surface area contributed by atoms with E-state index in [2.05, 4.69) is 0 Å². The van der Waals surface area contributed by atoms with E-state index < -0.39 is 46.5 Å². The first kappa shape index (κ1) is 11.8. The van der Waals surface area contributed by atoms with Crippen LogP contribution in [0.1, 0.15) is 23.1 Å². The maximum atomic E-state index is 14.1. The molecule has 0 aliphatic heterocycles. The van der Waals surface area contributed by atoms with Gasteiger partial charge in [0.2, 0.25) is 5.67 Å². The Morgan fingerprint density at radius 3 is 2.00 bits per heavy atom. The van der Waals surface area contributed by atoms with Crippen LogP contribution in [-0.4, -0.2) is 5.92 Å². The second kappa shape index (κ2) is 2.67.